The molecule has 1 amide bonds. The Balaban J connectivity index is 1.56. The van der Waals surface area contributed by atoms with Crippen LogP contribution in [0.2, 0.25) is 5.04 Å². The number of amides is 1. The van der Waals surface area contributed by atoms with Gasteiger partial charge in [-0.05, 0) is 21.5 Å². The first-order valence-electron chi connectivity index (χ1n) is 11.6. The molecule has 2 atom stereocenters. The zero-order valence-electron chi connectivity index (χ0n) is 20.4. The Bertz CT molecular complexity index is 1180. The second kappa shape index (κ2) is 10.5. The number of rotatable bonds is 7. The highest BCUT2D eigenvalue weighted by Gasteiger charge is 2.50. The van der Waals surface area contributed by atoms with Gasteiger partial charge in [0, 0.05) is 18.9 Å². The van der Waals surface area contributed by atoms with Crippen molar-refractivity contribution in [1.29, 1.82) is 0 Å². The Labute approximate surface area is 211 Å². The summed E-state index contributed by atoms with van der Waals surface area (Å²) in [5.41, 5.74) is -0.682. The minimum atomic E-state index is -2.67. The standard InChI is InChI=1S/C26H31N3O4SSi/c1-19(30)27-22-15-16-29(25(31)28-22)23-18-34-24(33-23)17-32-35(26(2,3)4,20-11-7-5-8-12-20)21-13-9-6-10-14-21/h5-16,23-24H,17-18H2,1-4H3,(H,27,28,30,31)/t23-,24+/m1/s1. The van der Waals surface area contributed by atoms with Crippen molar-refractivity contribution in [3.8, 4) is 0 Å². The summed E-state index contributed by atoms with van der Waals surface area (Å²) in [6, 6.07) is 22.6. The lowest BCUT2D eigenvalue weighted by molar-refractivity contribution is -0.114. The third kappa shape index (κ3) is 5.43. The highest BCUT2D eigenvalue weighted by atomic mass is 32.2. The van der Waals surface area contributed by atoms with Gasteiger partial charge in [-0.1, -0.05) is 81.4 Å². The molecule has 4 rings (SSSR count). The van der Waals surface area contributed by atoms with Crippen molar-refractivity contribution in [2.75, 3.05) is 17.7 Å². The summed E-state index contributed by atoms with van der Waals surface area (Å²) in [4.78, 5) is 27.7. The van der Waals surface area contributed by atoms with Gasteiger partial charge < -0.3 is 14.5 Å². The smallest absolute Gasteiger partial charge is 0.351 e. The average molecular weight is 510 g/mol. The maximum absolute atomic E-state index is 12.5. The number of carbonyl (C=O) groups excluding carboxylic acids is 1. The minimum absolute atomic E-state index is 0.126. The van der Waals surface area contributed by atoms with Crippen LogP contribution in [0.3, 0.4) is 0 Å². The van der Waals surface area contributed by atoms with E-state index < -0.39 is 20.2 Å². The zero-order valence-corrected chi connectivity index (χ0v) is 22.2. The van der Waals surface area contributed by atoms with Gasteiger partial charge in [-0.2, -0.15) is 4.98 Å². The maximum atomic E-state index is 12.5. The molecule has 0 radical (unpaired) electrons. The lowest BCUT2D eigenvalue weighted by Crippen LogP contribution is -2.67. The molecule has 1 N–H and O–H groups in total. The Morgan fingerprint density at radius 1 is 1.11 bits per heavy atom. The van der Waals surface area contributed by atoms with Crippen LogP contribution in [0.25, 0.3) is 0 Å². The predicted molar refractivity (Wildman–Crippen MR) is 143 cm³/mol. The van der Waals surface area contributed by atoms with Crippen LogP contribution >= 0.6 is 11.8 Å². The van der Waals surface area contributed by atoms with E-state index in [1.165, 1.54) is 21.9 Å². The van der Waals surface area contributed by atoms with Crippen LogP contribution in [0, 0.1) is 0 Å². The number of thioether (sulfide) groups is 1. The molecule has 9 heteroatoms. The Kier molecular flexibility index (Phi) is 7.61. The van der Waals surface area contributed by atoms with Crippen molar-refractivity contribution in [2.45, 2.75) is 44.4 Å². The van der Waals surface area contributed by atoms with Crippen molar-refractivity contribution in [2.24, 2.45) is 0 Å². The van der Waals surface area contributed by atoms with Crippen molar-refractivity contribution in [3.05, 3.63) is 83.4 Å². The van der Waals surface area contributed by atoms with E-state index in [2.05, 4.69) is 79.6 Å². The van der Waals surface area contributed by atoms with Crippen molar-refractivity contribution < 1.29 is 14.0 Å². The number of anilines is 1. The van der Waals surface area contributed by atoms with Crippen molar-refractivity contribution in [3.63, 3.8) is 0 Å². The molecular formula is C26H31N3O4SSi. The van der Waals surface area contributed by atoms with Gasteiger partial charge in [0.25, 0.3) is 8.32 Å². The molecule has 0 saturated carbocycles. The molecule has 1 aliphatic rings. The molecule has 7 nitrogen and oxygen atoms in total. The summed E-state index contributed by atoms with van der Waals surface area (Å²) >= 11 is 1.63. The van der Waals surface area contributed by atoms with Crippen molar-refractivity contribution in [1.82, 2.24) is 9.55 Å². The third-order valence-corrected chi connectivity index (χ3v) is 12.1. The Morgan fingerprint density at radius 3 is 2.23 bits per heavy atom. The van der Waals surface area contributed by atoms with Gasteiger partial charge in [-0.3, -0.25) is 9.36 Å². The number of hydrogen-bond acceptors (Lipinski definition) is 6. The van der Waals surface area contributed by atoms with E-state index >= 15 is 0 Å². The molecule has 0 unspecified atom stereocenters. The molecule has 184 valence electrons. The van der Waals surface area contributed by atoms with E-state index in [0.29, 0.717) is 12.4 Å². The first-order chi connectivity index (χ1) is 16.7. The largest absolute Gasteiger partial charge is 0.404 e. The van der Waals surface area contributed by atoms with Crippen LogP contribution in [-0.4, -0.2) is 41.6 Å². The van der Waals surface area contributed by atoms with Gasteiger partial charge in [0.05, 0.1) is 6.61 Å². The quantitative estimate of drug-likeness (QED) is 0.492. The monoisotopic (exact) mass is 509 g/mol. The number of carbonyl (C=O) groups is 1. The van der Waals surface area contributed by atoms with Gasteiger partial charge in [0.15, 0.2) is 0 Å². The Morgan fingerprint density at radius 2 is 1.71 bits per heavy atom. The van der Waals surface area contributed by atoms with E-state index in [-0.39, 0.29) is 22.2 Å². The summed E-state index contributed by atoms with van der Waals surface area (Å²) in [6.07, 6.45) is 1.16. The number of benzene rings is 2. The molecule has 2 heterocycles. The normalized spacial score (nSPS) is 18.4. The van der Waals surface area contributed by atoms with Crippen LogP contribution in [-0.2, 0) is 14.0 Å². The summed E-state index contributed by atoms with van der Waals surface area (Å²) in [7, 11) is -2.67. The summed E-state index contributed by atoms with van der Waals surface area (Å²) in [5, 5.41) is 4.83. The fourth-order valence-electron chi connectivity index (χ4n) is 4.51. The van der Waals surface area contributed by atoms with Crippen LogP contribution in [0.15, 0.2) is 77.7 Å². The molecular weight excluding hydrogens is 478 g/mol. The van der Waals surface area contributed by atoms with Gasteiger partial charge in [-0.15, -0.1) is 11.8 Å². The zero-order chi connectivity index (χ0) is 25.1. The van der Waals surface area contributed by atoms with Crippen LogP contribution in [0.5, 0.6) is 0 Å². The number of nitrogens with one attached hydrogen (secondary N) is 1. The summed E-state index contributed by atoms with van der Waals surface area (Å²) in [5.74, 6) is 0.564. The molecule has 1 fully saturated rings. The number of ether oxygens (including phenoxy) is 1. The molecule has 35 heavy (non-hydrogen) atoms. The van der Waals surface area contributed by atoms with E-state index in [0.717, 1.165) is 0 Å². The lowest BCUT2D eigenvalue weighted by atomic mass is 10.2. The first kappa shape index (κ1) is 25.4. The topological polar surface area (TPSA) is 82.5 Å². The summed E-state index contributed by atoms with van der Waals surface area (Å²) in [6.45, 7) is 8.51. The molecule has 3 aromatic rings. The molecule has 0 bridgehead atoms. The molecule has 1 aliphatic heterocycles. The second-order valence-electron chi connectivity index (χ2n) is 9.51. The number of aromatic nitrogens is 2. The van der Waals surface area contributed by atoms with Crippen LogP contribution < -0.4 is 21.4 Å². The molecule has 0 aliphatic carbocycles. The number of hydrogen-bond donors (Lipinski definition) is 1. The molecule has 1 aromatic heterocycles. The Hall–Kier alpha value is -2.72. The van der Waals surface area contributed by atoms with E-state index in [4.69, 9.17) is 9.16 Å². The SMILES string of the molecule is CC(=O)Nc1ccn([C@H]2CS[C@@H](CO[Si](c3ccccc3)(c3ccccc3)C(C)(C)C)O2)c(=O)n1. The minimum Gasteiger partial charge on any atom is -0.404 e. The molecule has 1 saturated heterocycles. The highest BCUT2D eigenvalue weighted by molar-refractivity contribution is 8.00. The third-order valence-electron chi connectivity index (χ3n) is 6.03. The molecule has 0 spiro atoms. The molecule has 2 aromatic carbocycles. The summed E-state index contributed by atoms with van der Waals surface area (Å²) < 4.78 is 14.7. The highest BCUT2D eigenvalue weighted by Crippen LogP contribution is 2.38. The fraction of sp³-hybridized carbons (Fsp3) is 0.346. The van der Waals surface area contributed by atoms with Crippen molar-refractivity contribution >= 4 is 42.2 Å². The van der Waals surface area contributed by atoms with Crippen LogP contribution in [0.1, 0.15) is 33.9 Å². The van der Waals surface area contributed by atoms with Crippen LogP contribution in [0.4, 0.5) is 5.82 Å². The van der Waals surface area contributed by atoms with Gasteiger partial charge in [0.2, 0.25) is 5.91 Å². The van der Waals surface area contributed by atoms with E-state index in [1.807, 2.05) is 12.1 Å². The van der Waals surface area contributed by atoms with Gasteiger partial charge in [0.1, 0.15) is 17.5 Å². The number of nitrogens with zero attached hydrogens (tertiary/aromatic N) is 2. The maximum Gasteiger partial charge on any atom is 0.351 e. The first-order valence-corrected chi connectivity index (χ1v) is 14.6. The average Bonchev–Trinajstić information content (AvgIpc) is 3.28. The second-order valence-corrected chi connectivity index (χ2v) is 15.0. The lowest BCUT2D eigenvalue weighted by Gasteiger charge is -2.43. The van der Waals surface area contributed by atoms with Gasteiger partial charge in [-0.25, -0.2) is 4.79 Å². The van der Waals surface area contributed by atoms with Gasteiger partial charge >= 0.3 is 5.69 Å². The predicted octanol–water partition coefficient (Wildman–Crippen LogP) is 3.37. The fourth-order valence-corrected chi connectivity index (χ4v) is 10.2. The van der Waals surface area contributed by atoms with E-state index in [1.54, 1.807) is 24.0 Å². The van der Waals surface area contributed by atoms with E-state index in [9.17, 15) is 9.59 Å².